The van der Waals surface area contributed by atoms with Gasteiger partial charge in [-0.1, -0.05) is 13.3 Å². The first-order valence-corrected chi connectivity index (χ1v) is 6.29. The van der Waals surface area contributed by atoms with Crippen molar-refractivity contribution in [2.45, 2.75) is 19.8 Å². The molecule has 106 valence electrons. The largest absolute Gasteiger partial charge is 0.506 e. The van der Waals surface area contributed by atoms with E-state index in [4.69, 9.17) is 9.84 Å². The molecule has 0 radical (unpaired) electrons. The molecule has 0 aliphatic heterocycles. The van der Waals surface area contributed by atoms with Gasteiger partial charge < -0.3 is 14.9 Å². The van der Waals surface area contributed by atoms with Crippen molar-refractivity contribution in [2.24, 2.45) is 0 Å². The Labute approximate surface area is 114 Å². The standard InChI is InChI=1S/C14H15NO5/c1-2-3-6-20-9-4-5-10-11(7-9)12(16)8-15(13(10)17)14(18)19/h4-5,7-8,16H,2-3,6H2,1H3,(H,18,19). The van der Waals surface area contributed by atoms with Crippen LogP contribution in [0.3, 0.4) is 0 Å². The van der Waals surface area contributed by atoms with Crippen LogP contribution in [0.1, 0.15) is 19.8 Å². The monoisotopic (exact) mass is 277 g/mol. The number of unbranched alkanes of at least 4 members (excludes halogenated alkanes) is 1. The lowest BCUT2D eigenvalue weighted by atomic mass is 10.1. The molecule has 6 nitrogen and oxygen atoms in total. The van der Waals surface area contributed by atoms with Crippen molar-refractivity contribution in [3.05, 3.63) is 34.7 Å². The summed E-state index contributed by atoms with van der Waals surface area (Å²) < 4.78 is 5.94. The molecule has 0 amide bonds. The van der Waals surface area contributed by atoms with E-state index in [2.05, 4.69) is 0 Å². The van der Waals surface area contributed by atoms with Gasteiger partial charge in [-0.25, -0.2) is 9.36 Å². The fourth-order valence-corrected chi connectivity index (χ4v) is 1.87. The summed E-state index contributed by atoms with van der Waals surface area (Å²) in [6.07, 6.45) is 1.37. The van der Waals surface area contributed by atoms with Crippen LogP contribution >= 0.6 is 0 Å². The van der Waals surface area contributed by atoms with Crippen LogP contribution in [0.2, 0.25) is 0 Å². The Morgan fingerprint density at radius 3 is 2.75 bits per heavy atom. The maximum absolute atomic E-state index is 11.9. The summed E-state index contributed by atoms with van der Waals surface area (Å²) in [7, 11) is 0. The molecule has 0 fully saturated rings. The average Bonchev–Trinajstić information content (AvgIpc) is 2.42. The van der Waals surface area contributed by atoms with Crippen molar-refractivity contribution in [3.8, 4) is 11.5 Å². The molecule has 20 heavy (non-hydrogen) atoms. The SMILES string of the molecule is CCCCOc1ccc2c(=O)n(C(=O)O)cc(O)c2c1. The fraction of sp³-hybridized carbons (Fsp3) is 0.286. The van der Waals surface area contributed by atoms with Crippen LogP contribution in [-0.4, -0.2) is 27.5 Å². The van der Waals surface area contributed by atoms with Gasteiger partial charge in [-0.3, -0.25) is 4.79 Å². The van der Waals surface area contributed by atoms with Crippen LogP contribution < -0.4 is 10.3 Å². The number of pyridine rings is 1. The molecular weight excluding hydrogens is 262 g/mol. The fourth-order valence-electron chi connectivity index (χ4n) is 1.87. The third kappa shape index (κ3) is 2.59. The predicted molar refractivity (Wildman–Crippen MR) is 73.7 cm³/mol. The molecule has 1 heterocycles. The number of carboxylic acid groups (broad SMARTS) is 1. The molecule has 0 aliphatic rings. The van der Waals surface area contributed by atoms with Gasteiger partial charge in [0.05, 0.1) is 18.2 Å². The van der Waals surface area contributed by atoms with Crippen LogP contribution in [0.15, 0.2) is 29.2 Å². The number of nitrogens with zero attached hydrogens (tertiary/aromatic N) is 1. The Morgan fingerprint density at radius 1 is 1.35 bits per heavy atom. The molecule has 0 bridgehead atoms. The van der Waals surface area contributed by atoms with Gasteiger partial charge in [0.25, 0.3) is 5.56 Å². The lowest BCUT2D eigenvalue weighted by Gasteiger charge is -2.08. The summed E-state index contributed by atoms with van der Waals surface area (Å²) in [6.45, 7) is 2.60. The molecule has 2 rings (SSSR count). The van der Waals surface area contributed by atoms with Crippen LogP contribution in [0.4, 0.5) is 4.79 Å². The third-order valence-corrected chi connectivity index (χ3v) is 2.94. The van der Waals surface area contributed by atoms with Gasteiger partial charge in [0.1, 0.15) is 11.5 Å². The van der Waals surface area contributed by atoms with Crippen molar-refractivity contribution in [1.82, 2.24) is 4.57 Å². The van der Waals surface area contributed by atoms with Gasteiger partial charge >= 0.3 is 6.09 Å². The number of hydrogen-bond acceptors (Lipinski definition) is 4. The third-order valence-electron chi connectivity index (χ3n) is 2.94. The zero-order valence-electron chi connectivity index (χ0n) is 11.0. The number of aromatic hydroxyl groups is 1. The molecule has 0 aliphatic carbocycles. The van der Waals surface area contributed by atoms with Crippen molar-refractivity contribution in [1.29, 1.82) is 0 Å². The van der Waals surface area contributed by atoms with E-state index in [0.29, 0.717) is 16.9 Å². The van der Waals surface area contributed by atoms with Gasteiger partial charge in [-0.05, 0) is 24.6 Å². The second-order valence-electron chi connectivity index (χ2n) is 4.38. The lowest BCUT2D eigenvalue weighted by molar-refractivity contribution is 0.195. The maximum atomic E-state index is 11.9. The Kier molecular flexibility index (Phi) is 3.93. The minimum atomic E-state index is -1.43. The molecule has 0 atom stereocenters. The number of fused-ring (bicyclic) bond motifs is 1. The normalized spacial score (nSPS) is 10.7. The molecular formula is C14H15NO5. The van der Waals surface area contributed by atoms with E-state index >= 15 is 0 Å². The minimum absolute atomic E-state index is 0.134. The summed E-state index contributed by atoms with van der Waals surface area (Å²) in [5.41, 5.74) is -0.689. The molecule has 0 saturated heterocycles. The zero-order chi connectivity index (χ0) is 14.7. The van der Waals surface area contributed by atoms with E-state index in [1.807, 2.05) is 6.92 Å². The van der Waals surface area contributed by atoms with Gasteiger partial charge in [-0.15, -0.1) is 0 Å². The molecule has 2 aromatic rings. The molecule has 0 saturated carbocycles. The van der Waals surface area contributed by atoms with Crippen LogP contribution in [0.25, 0.3) is 10.8 Å². The highest BCUT2D eigenvalue weighted by Crippen LogP contribution is 2.26. The molecule has 1 aromatic heterocycles. The van der Waals surface area contributed by atoms with E-state index in [-0.39, 0.29) is 16.5 Å². The zero-order valence-corrected chi connectivity index (χ0v) is 11.0. The van der Waals surface area contributed by atoms with Crippen molar-refractivity contribution in [2.75, 3.05) is 6.61 Å². The number of aromatic nitrogens is 1. The van der Waals surface area contributed by atoms with Crippen LogP contribution in [-0.2, 0) is 0 Å². The Morgan fingerprint density at radius 2 is 2.10 bits per heavy atom. The smallest absolute Gasteiger partial charge is 0.418 e. The first-order chi connectivity index (χ1) is 9.54. The van der Waals surface area contributed by atoms with Crippen molar-refractivity contribution < 1.29 is 19.7 Å². The molecule has 2 N–H and O–H groups in total. The molecule has 6 heteroatoms. The summed E-state index contributed by atoms with van der Waals surface area (Å²) >= 11 is 0. The molecule has 1 aromatic carbocycles. The summed E-state index contributed by atoms with van der Waals surface area (Å²) in [4.78, 5) is 22.8. The number of carbonyl (C=O) groups is 1. The summed E-state index contributed by atoms with van der Waals surface area (Å²) in [6, 6.07) is 4.58. The van der Waals surface area contributed by atoms with Gasteiger partial charge in [0.15, 0.2) is 0 Å². The van der Waals surface area contributed by atoms with E-state index in [0.717, 1.165) is 19.0 Å². The van der Waals surface area contributed by atoms with E-state index in [9.17, 15) is 14.7 Å². The predicted octanol–water partition coefficient (Wildman–Crippen LogP) is 2.41. The maximum Gasteiger partial charge on any atom is 0.418 e. The summed E-state index contributed by atoms with van der Waals surface area (Å²) in [5.74, 6) is 0.261. The minimum Gasteiger partial charge on any atom is -0.506 e. The lowest BCUT2D eigenvalue weighted by Crippen LogP contribution is -2.25. The Bertz CT molecular complexity index is 705. The Balaban J connectivity index is 2.49. The first-order valence-electron chi connectivity index (χ1n) is 6.29. The number of hydrogen-bond donors (Lipinski definition) is 2. The molecule has 0 spiro atoms. The molecule has 0 unspecified atom stereocenters. The van der Waals surface area contributed by atoms with E-state index in [1.54, 1.807) is 6.07 Å². The number of ether oxygens (including phenoxy) is 1. The average molecular weight is 277 g/mol. The summed E-state index contributed by atoms with van der Waals surface area (Å²) in [5, 5.41) is 19.1. The quantitative estimate of drug-likeness (QED) is 0.838. The van der Waals surface area contributed by atoms with Crippen LogP contribution in [0, 0.1) is 0 Å². The van der Waals surface area contributed by atoms with Gasteiger partial charge in [0.2, 0.25) is 0 Å². The van der Waals surface area contributed by atoms with E-state index in [1.165, 1.54) is 12.1 Å². The first kappa shape index (κ1) is 13.9. The highest BCUT2D eigenvalue weighted by Gasteiger charge is 2.12. The van der Waals surface area contributed by atoms with Gasteiger partial charge in [0, 0.05) is 5.39 Å². The highest BCUT2D eigenvalue weighted by molar-refractivity contribution is 5.90. The second-order valence-corrected chi connectivity index (χ2v) is 4.38. The van der Waals surface area contributed by atoms with E-state index < -0.39 is 11.7 Å². The van der Waals surface area contributed by atoms with Crippen molar-refractivity contribution >= 4 is 16.9 Å². The number of benzene rings is 1. The topological polar surface area (TPSA) is 88.8 Å². The van der Waals surface area contributed by atoms with Crippen LogP contribution in [0.5, 0.6) is 11.5 Å². The van der Waals surface area contributed by atoms with Gasteiger partial charge in [-0.2, -0.15) is 0 Å². The highest BCUT2D eigenvalue weighted by atomic mass is 16.5. The second kappa shape index (κ2) is 5.64. The van der Waals surface area contributed by atoms with Crippen molar-refractivity contribution in [3.63, 3.8) is 0 Å². The number of rotatable bonds is 4. The Hall–Kier alpha value is -2.50.